The lowest BCUT2D eigenvalue weighted by atomic mass is 10.0. The Hall–Kier alpha value is -2.36. The van der Waals surface area contributed by atoms with E-state index < -0.39 is 0 Å². The van der Waals surface area contributed by atoms with E-state index in [1.165, 1.54) is 4.88 Å². The van der Waals surface area contributed by atoms with Crippen molar-refractivity contribution in [2.45, 2.75) is 19.5 Å². The van der Waals surface area contributed by atoms with Gasteiger partial charge in [0.15, 0.2) is 17.5 Å². The van der Waals surface area contributed by atoms with E-state index in [9.17, 15) is 0 Å². The summed E-state index contributed by atoms with van der Waals surface area (Å²) in [6.45, 7) is 6.67. The van der Waals surface area contributed by atoms with E-state index in [4.69, 9.17) is 14.2 Å². The molecule has 2 aromatic rings. The van der Waals surface area contributed by atoms with Gasteiger partial charge in [-0.05, 0) is 24.6 Å². The summed E-state index contributed by atoms with van der Waals surface area (Å²) in [5.41, 5.74) is 4.09. The molecule has 1 aliphatic heterocycles. The van der Waals surface area contributed by atoms with Crippen molar-refractivity contribution in [2.75, 3.05) is 54.1 Å². The third-order valence-corrected chi connectivity index (χ3v) is 6.16. The minimum Gasteiger partial charge on any atom is -0.493 e. The molecule has 2 N–H and O–H groups in total. The van der Waals surface area contributed by atoms with E-state index in [2.05, 4.69) is 37.6 Å². The molecule has 164 valence electrons. The number of methoxy groups -OCH3 is 2. The first-order chi connectivity index (χ1) is 14.7. The molecule has 1 unspecified atom stereocenters. The van der Waals surface area contributed by atoms with E-state index in [1.807, 2.05) is 18.5 Å². The molecular formula is C21H31N5O3S. The normalized spacial score (nSPS) is 16.2. The van der Waals surface area contributed by atoms with Crippen molar-refractivity contribution in [3.63, 3.8) is 0 Å². The Labute approximate surface area is 182 Å². The van der Waals surface area contributed by atoms with Crippen molar-refractivity contribution in [2.24, 2.45) is 4.99 Å². The van der Waals surface area contributed by atoms with Crippen LogP contribution in [0.25, 0.3) is 0 Å². The SMILES string of the molecule is CN=C(NCc1scnc1C)NCC(c1ccc(OC)c(OC)c1)N1CCOCC1. The van der Waals surface area contributed by atoms with Crippen LogP contribution in [0.4, 0.5) is 0 Å². The van der Waals surface area contributed by atoms with Crippen molar-refractivity contribution >= 4 is 17.3 Å². The highest BCUT2D eigenvalue weighted by molar-refractivity contribution is 7.09. The van der Waals surface area contributed by atoms with Crippen molar-refractivity contribution in [1.82, 2.24) is 20.5 Å². The summed E-state index contributed by atoms with van der Waals surface area (Å²) in [5.74, 6) is 2.23. The number of aliphatic imine (C=N–C) groups is 1. The molecule has 1 saturated heterocycles. The van der Waals surface area contributed by atoms with Crippen molar-refractivity contribution in [3.05, 3.63) is 39.8 Å². The number of thiazole rings is 1. The molecule has 9 heteroatoms. The quantitative estimate of drug-likeness (QED) is 0.488. The molecule has 1 aliphatic rings. The molecule has 2 heterocycles. The Morgan fingerprint density at radius 2 is 2.00 bits per heavy atom. The van der Waals surface area contributed by atoms with Gasteiger partial charge < -0.3 is 24.8 Å². The number of aryl methyl sites for hydroxylation is 1. The third-order valence-electron chi connectivity index (χ3n) is 5.23. The molecule has 30 heavy (non-hydrogen) atoms. The van der Waals surface area contributed by atoms with Crippen LogP contribution in [-0.4, -0.2) is 70.0 Å². The molecule has 1 fully saturated rings. The van der Waals surface area contributed by atoms with Gasteiger partial charge in [-0.2, -0.15) is 0 Å². The minimum absolute atomic E-state index is 0.150. The number of ether oxygens (including phenoxy) is 3. The maximum Gasteiger partial charge on any atom is 0.191 e. The minimum atomic E-state index is 0.150. The van der Waals surface area contributed by atoms with E-state index in [0.717, 1.165) is 55.0 Å². The first-order valence-electron chi connectivity index (χ1n) is 10.0. The van der Waals surface area contributed by atoms with Crippen molar-refractivity contribution < 1.29 is 14.2 Å². The third kappa shape index (κ3) is 5.62. The number of morpholine rings is 1. The van der Waals surface area contributed by atoms with Gasteiger partial charge in [-0.3, -0.25) is 9.89 Å². The summed E-state index contributed by atoms with van der Waals surface area (Å²) in [6, 6.07) is 6.26. The number of nitrogens with one attached hydrogen (secondary N) is 2. The number of aromatic nitrogens is 1. The van der Waals surface area contributed by atoms with Gasteiger partial charge >= 0.3 is 0 Å². The molecule has 0 radical (unpaired) electrons. The fraction of sp³-hybridized carbons (Fsp3) is 0.524. The Kier molecular flexibility index (Phi) is 8.30. The standard InChI is InChI=1S/C21H31N5O3S/c1-15-20(30-14-25-15)13-24-21(22-2)23-12-17(26-7-9-29-10-8-26)16-5-6-18(27-3)19(11-16)28-4/h5-6,11,14,17H,7-10,12-13H2,1-4H3,(H2,22,23,24). The molecule has 8 nitrogen and oxygen atoms in total. The van der Waals surface area contributed by atoms with Crippen LogP contribution < -0.4 is 20.1 Å². The molecule has 0 aliphatic carbocycles. The van der Waals surface area contributed by atoms with E-state index in [1.54, 1.807) is 32.6 Å². The maximum absolute atomic E-state index is 5.56. The van der Waals surface area contributed by atoms with Gasteiger partial charge in [0.2, 0.25) is 0 Å². The number of benzene rings is 1. The highest BCUT2D eigenvalue weighted by atomic mass is 32.1. The van der Waals surface area contributed by atoms with Crippen LogP contribution in [0.1, 0.15) is 22.2 Å². The molecule has 0 bridgehead atoms. The number of hydrogen-bond donors (Lipinski definition) is 2. The zero-order chi connectivity index (χ0) is 21.3. The molecule has 1 aromatic carbocycles. The lowest BCUT2D eigenvalue weighted by Gasteiger charge is -2.35. The monoisotopic (exact) mass is 433 g/mol. The zero-order valence-corrected chi connectivity index (χ0v) is 18.9. The van der Waals surface area contributed by atoms with Crippen LogP contribution >= 0.6 is 11.3 Å². The largest absolute Gasteiger partial charge is 0.493 e. The van der Waals surface area contributed by atoms with Crippen LogP contribution in [0, 0.1) is 6.92 Å². The van der Waals surface area contributed by atoms with Crippen LogP contribution in [-0.2, 0) is 11.3 Å². The van der Waals surface area contributed by atoms with Crippen LogP contribution in [0.5, 0.6) is 11.5 Å². The molecule has 0 amide bonds. The Morgan fingerprint density at radius 3 is 2.63 bits per heavy atom. The maximum atomic E-state index is 5.56. The van der Waals surface area contributed by atoms with Gasteiger partial charge in [0.05, 0.1) is 51.2 Å². The van der Waals surface area contributed by atoms with E-state index in [0.29, 0.717) is 13.1 Å². The second-order valence-corrected chi connectivity index (χ2v) is 7.89. The number of guanidine groups is 1. The first-order valence-corrected chi connectivity index (χ1v) is 10.9. The average molecular weight is 434 g/mol. The van der Waals surface area contributed by atoms with Gasteiger partial charge in [0.1, 0.15) is 0 Å². The summed E-state index contributed by atoms with van der Waals surface area (Å²) < 4.78 is 16.5. The van der Waals surface area contributed by atoms with Gasteiger partial charge in [0.25, 0.3) is 0 Å². The highest BCUT2D eigenvalue weighted by Crippen LogP contribution is 2.32. The van der Waals surface area contributed by atoms with E-state index >= 15 is 0 Å². The topological polar surface area (TPSA) is 80.2 Å². The smallest absolute Gasteiger partial charge is 0.191 e. The second-order valence-electron chi connectivity index (χ2n) is 6.95. The summed E-state index contributed by atoms with van der Waals surface area (Å²) >= 11 is 1.65. The number of rotatable bonds is 8. The summed E-state index contributed by atoms with van der Waals surface area (Å²) in [4.78, 5) is 12.3. The summed E-state index contributed by atoms with van der Waals surface area (Å²) in [5, 5.41) is 6.87. The number of hydrogen-bond acceptors (Lipinski definition) is 7. The Bertz CT molecular complexity index is 836. The van der Waals surface area contributed by atoms with Crippen LogP contribution in [0.15, 0.2) is 28.7 Å². The molecule has 3 rings (SSSR count). The van der Waals surface area contributed by atoms with Crippen molar-refractivity contribution in [1.29, 1.82) is 0 Å². The first kappa shape index (κ1) is 22.3. The molecular weight excluding hydrogens is 402 g/mol. The van der Waals surface area contributed by atoms with Gasteiger partial charge in [-0.1, -0.05) is 6.07 Å². The lowest BCUT2D eigenvalue weighted by molar-refractivity contribution is 0.0169. The fourth-order valence-corrected chi connectivity index (χ4v) is 4.20. The summed E-state index contributed by atoms with van der Waals surface area (Å²) in [7, 11) is 5.10. The average Bonchev–Trinajstić information content (AvgIpc) is 3.21. The van der Waals surface area contributed by atoms with Gasteiger partial charge in [-0.15, -0.1) is 11.3 Å². The lowest BCUT2D eigenvalue weighted by Crippen LogP contribution is -2.46. The highest BCUT2D eigenvalue weighted by Gasteiger charge is 2.24. The predicted molar refractivity (Wildman–Crippen MR) is 120 cm³/mol. The van der Waals surface area contributed by atoms with E-state index in [-0.39, 0.29) is 6.04 Å². The molecule has 1 atom stereocenters. The second kappa shape index (κ2) is 11.1. The molecule has 1 aromatic heterocycles. The van der Waals surface area contributed by atoms with Gasteiger partial charge in [0, 0.05) is 31.6 Å². The predicted octanol–water partition coefficient (Wildman–Crippen LogP) is 2.21. The molecule has 0 saturated carbocycles. The zero-order valence-electron chi connectivity index (χ0n) is 18.1. The number of nitrogens with zero attached hydrogens (tertiary/aromatic N) is 3. The van der Waals surface area contributed by atoms with Gasteiger partial charge in [-0.25, -0.2) is 4.98 Å². The van der Waals surface area contributed by atoms with Crippen molar-refractivity contribution in [3.8, 4) is 11.5 Å². The van der Waals surface area contributed by atoms with Crippen LogP contribution in [0.3, 0.4) is 0 Å². The van der Waals surface area contributed by atoms with Crippen LogP contribution in [0.2, 0.25) is 0 Å². The molecule has 0 spiro atoms. The Balaban J connectivity index is 1.71. The fourth-order valence-electron chi connectivity index (χ4n) is 3.48. The summed E-state index contributed by atoms with van der Waals surface area (Å²) in [6.07, 6.45) is 0. The Morgan fingerprint density at radius 1 is 1.23 bits per heavy atom.